The van der Waals surface area contributed by atoms with Gasteiger partial charge in [-0.15, -0.1) is 0 Å². The molecule has 24 heavy (non-hydrogen) atoms. The van der Waals surface area contributed by atoms with E-state index < -0.39 is 5.60 Å². The molecule has 1 saturated carbocycles. The first-order valence-corrected chi connectivity index (χ1v) is 8.52. The van der Waals surface area contributed by atoms with Gasteiger partial charge in [0.2, 0.25) is 0 Å². The molecule has 6 nitrogen and oxygen atoms in total. The lowest BCUT2D eigenvalue weighted by Gasteiger charge is -2.34. The number of ether oxygens (including phenoxy) is 1. The summed E-state index contributed by atoms with van der Waals surface area (Å²) in [5.74, 6) is 0. The van der Waals surface area contributed by atoms with E-state index in [9.17, 15) is 5.11 Å². The maximum atomic E-state index is 10.1. The highest BCUT2D eigenvalue weighted by molar-refractivity contribution is 6.29. The van der Waals surface area contributed by atoms with Crippen molar-refractivity contribution in [2.75, 3.05) is 12.4 Å². The molecule has 0 unspecified atom stereocenters. The van der Waals surface area contributed by atoms with Gasteiger partial charge in [0.1, 0.15) is 11.9 Å². The van der Waals surface area contributed by atoms with Crippen LogP contribution in [0.5, 0.6) is 0 Å². The first-order valence-electron chi connectivity index (χ1n) is 8.14. The molecule has 0 aliphatic heterocycles. The zero-order valence-corrected chi connectivity index (χ0v) is 14.8. The molecule has 0 saturated heterocycles. The summed E-state index contributed by atoms with van der Waals surface area (Å²) in [4.78, 5) is 4.19. The van der Waals surface area contributed by atoms with Crippen molar-refractivity contribution in [3.05, 3.63) is 29.7 Å². The van der Waals surface area contributed by atoms with Gasteiger partial charge in [0.15, 0.2) is 0 Å². The lowest BCUT2D eigenvalue weighted by atomic mass is 9.83. The minimum atomic E-state index is -0.546. The summed E-state index contributed by atoms with van der Waals surface area (Å²) in [6.07, 6.45) is 7.04. The topological polar surface area (TPSA) is 72.2 Å². The molecule has 0 bridgehead atoms. The van der Waals surface area contributed by atoms with Gasteiger partial charge in [0.25, 0.3) is 0 Å². The van der Waals surface area contributed by atoms with Crippen LogP contribution in [0.3, 0.4) is 0 Å². The van der Waals surface area contributed by atoms with Crippen LogP contribution in [0.2, 0.25) is 5.15 Å². The van der Waals surface area contributed by atoms with Crippen molar-refractivity contribution in [3.8, 4) is 11.3 Å². The molecule has 3 rings (SSSR count). The minimum Gasteiger partial charge on any atom is -0.390 e. The van der Waals surface area contributed by atoms with Crippen molar-refractivity contribution < 1.29 is 9.84 Å². The third kappa shape index (κ3) is 4.06. The summed E-state index contributed by atoms with van der Waals surface area (Å²) in [5, 5.41) is 18.6. The minimum absolute atomic E-state index is 0.309. The molecule has 2 N–H and O–H groups in total. The summed E-state index contributed by atoms with van der Waals surface area (Å²) in [6.45, 7) is 2.31. The van der Waals surface area contributed by atoms with Crippen LogP contribution in [0.4, 0.5) is 5.69 Å². The first kappa shape index (κ1) is 17.2. The van der Waals surface area contributed by atoms with Crippen LogP contribution in [-0.4, -0.2) is 38.6 Å². The number of aliphatic hydroxyl groups is 1. The zero-order valence-electron chi connectivity index (χ0n) is 14.0. The molecule has 0 aromatic carbocycles. The van der Waals surface area contributed by atoms with Crippen molar-refractivity contribution in [3.63, 3.8) is 0 Å². The van der Waals surface area contributed by atoms with Gasteiger partial charge in [-0.05, 0) is 44.7 Å². The second-order valence-corrected chi connectivity index (χ2v) is 7.01. The normalized spacial score (nSPS) is 24.1. The van der Waals surface area contributed by atoms with Gasteiger partial charge in [-0.2, -0.15) is 5.10 Å². The third-order valence-corrected chi connectivity index (χ3v) is 4.68. The quantitative estimate of drug-likeness (QED) is 0.809. The molecule has 0 spiro atoms. The molecule has 1 aliphatic carbocycles. The summed E-state index contributed by atoms with van der Waals surface area (Å²) in [6, 6.07) is 4.07. The van der Waals surface area contributed by atoms with Crippen molar-refractivity contribution >= 4 is 17.3 Å². The van der Waals surface area contributed by atoms with E-state index >= 15 is 0 Å². The second-order valence-electron chi connectivity index (χ2n) is 6.63. The molecular weight excluding hydrogens is 328 g/mol. The molecule has 130 valence electrons. The smallest absolute Gasteiger partial charge is 0.138 e. The number of halogens is 1. The van der Waals surface area contributed by atoms with Crippen LogP contribution in [0.1, 0.15) is 32.6 Å². The van der Waals surface area contributed by atoms with Crippen LogP contribution in [0.25, 0.3) is 11.3 Å². The number of pyridine rings is 1. The maximum Gasteiger partial charge on any atom is 0.138 e. The lowest BCUT2D eigenvalue weighted by molar-refractivity contribution is 0.0196. The molecular formula is C17H23ClN4O2. The van der Waals surface area contributed by atoms with Gasteiger partial charge in [-0.3, -0.25) is 0 Å². The molecule has 1 aliphatic rings. The summed E-state index contributed by atoms with van der Waals surface area (Å²) >= 11 is 6.09. The number of hydrogen-bond donors (Lipinski definition) is 2. The van der Waals surface area contributed by atoms with Gasteiger partial charge in [0.05, 0.1) is 11.3 Å². The lowest BCUT2D eigenvalue weighted by Crippen LogP contribution is -2.35. The number of nitrogens with zero attached hydrogens (tertiary/aromatic N) is 3. The second kappa shape index (κ2) is 7.09. The average molecular weight is 351 g/mol. The molecule has 2 aromatic heterocycles. The Bertz CT molecular complexity index is 692. The average Bonchev–Trinajstić information content (AvgIpc) is 2.98. The molecule has 1 fully saturated rings. The van der Waals surface area contributed by atoms with E-state index in [2.05, 4.69) is 15.4 Å². The van der Waals surface area contributed by atoms with E-state index in [1.165, 1.54) is 0 Å². The van der Waals surface area contributed by atoms with E-state index in [-0.39, 0.29) is 0 Å². The Kier molecular flexibility index (Phi) is 5.08. The Morgan fingerprint density at radius 2 is 2.21 bits per heavy atom. The van der Waals surface area contributed by atoms with Crippen molar-refractivity contribution in [1.29, 1.82) is 0 Å². The fourth-order valence-corrected chi connectivity index (χ4v) is 3.22. The van der Waals surface area contributed by atoms with E-state index in [0.717, 1.165) is 42.6 Å². The molecule has 2 aromatic rings. The molecule has 0 radical (unpaired) electrons. The van der Waals surface area contributed by atoms with E-state index in [0.29, 0.717) is 17.9 Å². The Morgan fingerprint density at radius 1 is 1.46 bits per heavy atom. The predicted octanol–water partition coefficient (Wildman–Crippen LogP) is 3.31. The highest BCUT2D eigenvalue weighted by atomic mass is 35.5. The van der Waals surface area contributed by atoms with Gasteiger partial charge < -0.3 is 15.2 Å². The number of methoxy groups -OCH3 is 1. The Balaban J connectivity index is 1.80. The fraction of sp³-hybridized carbons (Fsp3) is 0.529. The monoisotopic (exact) mass is 350 g/mol. The molecule has 7 heteroatoms. The largest absolute Gasteiger partial charge is 0.390 e. The molecule has 2 heterocycles. The van der Waals surface area contributed by atoms with Crippen molar-refractivity contribution in [2.45, 2.75) is 51.0 Å². The third-order valence-electron chi connectivity index (χ3n) is 4.47. The number of hydrogen-bond acceptors (Lipinski definition) is 5. The van der Waals surface area contributed by atoms with Crippen molar-refractivity contribution in [1.82, 2.24) is 14.8 Å². The first-order chi connectivity index (χ1) is 11.5. The van der Waals surface area contributed by atoms with Gasteiger partial charge in [-0.25, -0.2) is 9.67 Å². The highest BCUT2D eigenvalue weighted by Crippen LogP contribution is 2.33. The van der Waals surface area contributed by atoms with Crippen LogP contribution in [-0.2, 0) is 11.5 Å². The number of anilines is 1. The van der Waals surface area contributed by atoms with Crippen LogP contribution in [0, 0.1) is 0 Å². The standard InChI is InChI=1S/C17H23ClN4O2/c1-17(23)6-3-12(4-7-17)20-15-9-16(18)19-10-13(15)14-5-8-22(21-14)11-24-2/h5,8-10,12,23H,3-4,6-7,11H2,1-2H3,(H,19,20). The van der Waals surface area contributed by atoms with E-state index in [4.69, 9.17) is 16.3 Å². The van der Waals surface area contributed by atoms with E-state index in [1.54, 1.807) is 18.0 Å². The van der Waals surface area contributed by atoms with Crippen LogP contribution >= 0.6 is 11.6 Å². The zero-order chi connectivity index (χ0) is 17.2. The number of nitrogens with one attached hydrogen (secondary N) is 1. The van der Waals surface area contributed by atoms with Gasteiger partial charge in [0, 0.05) is 36.8 Å². The van der Waals surface area contributed by atoms with E-state index in [1.807, 2.05) is 25.3 Å². The van der Waals surface area contributed by atoms with Crippen molar-refractivity contribution in [2.24, 2.45) is 0 Å². The Morgan fingerprint density at radius 3 is 2.92 bits per heavy atom. The maximum absolute atomic E-state index is 10.1. The number of rotatable bonds is 5. The molecule has 0 amide bonds. The Labute approximate surface area is 146 Å². The molecule has 0 atom stereocenters. The highest BCUT2D eigenvalue weighted by Gasteiger charge is 2.29. The van der Waals surface area contributed by atoms with Crippen LogP contribution < -0.4 is 5.32 Å². The fourth-order valence-electron chi connectivity index (χ4n) is 3.07. The van der Waals surface area contributed by atoms with Gasteiger partial charge in [-0.1, -0.05) is 11.6 Å². The summed E-state index contributed by atoms with van der Waals surface area (Å²) in [5.41, 5.74) is 2.10. The number of aromatic nitrogens is 3. The predicted molar refractivity (Wildman–Crippen MR) is 94.0 cm³/mol. The Hall–Kier alpha value is -1.63. The summed E-state index contributed by atoms with van der Waals surface area (Å²) < 4.78 is 6.82. The van der Waals surface area contributed by atoms with Crippen LogP contribution in [0.15, 0.2) is 24.5 Å². The SMILES string of the molecule is COCn1ccc(-c2cnc(Cl)cc2NC2CCC(C)(O)CC2)n1. The van der Waals surface area contributed by atoms with Gasteiger partial charge >= 0.3 is 0 Å². The summed E-state index contributed by atoms with van der Waals surface area (Å²) in [7, 11) is 1.64.